The second kappa shape index (κ2) is 9.37. The van der Waals surface area contributed by atoms with Crippen molar-refractivity contribution in [3.63, 3.8) is 0 Å². The van der Waals surface area contributed by atoms with E-state index in [1.54, 1.807) is 25.1 Å². The quantitative estimate of drug-likeness (QED) is 0.496. The molecule has 0 N–H and O–H groups in total. The maximum atomic E-state index is 12.5. The highest BCUT2D eigenvalue weighted by Gasteiger charge is 2.25. The molecule has 0 aromatic heterocycles. The Bertz CT molecular complexity index is 709. The van der Waals surface area contributed by atoms with E-state index in [9.17, 15) is 9.36 Å². The van der Waals surface area contributed by atoms with Gasteiger partial charge in [-0.3, -0.25) is 13.9 Å². The molecule has 2 rings (SSSR count). The van der Waals surface area contributed by atoms with Gasteiger partial charge < -0.3 is 14.2 Å². The zero-order valence-corrected chi connectivity index (χ0v) is 15.4. The van der Waals surface area contributed by atoms with E-state index in [0.29, 0.717) is 6.61 Å². The second-order valence-electron chi connectivity index (χ2n) is 5.14. The van der Waals surface area contributed by atoms with Crippen LogP contribution in [-0.4, -0.2) is 26.0 Å². The molecule has 0 spiro atoms. The van der Waals surface area contributed by atoms with Crippen molar-refractivity contribution in [2.45, 2.75) is 19.8 Å². The molecule has 0 aliphatic rings. The molecule has 0 saturated carbocycles. The fourth-order valence-corrected chi connectivity index (χ4v) is 3.13. The van der Waals surface area contributed by atoms with Gasteiger partial charge in [0.05, 0.1) is 20.8 Å². The van der Waals surface area contributed by atoms with Crippen molar-refractivity contribution in [3.05, 3.63) is 59.7 Å². The zero-order chi connectivity index (χ0) is 18.2. The fourth-order valence-electron chi connectivity index (χ4n) is 2.20. The van der Waals surface area contributed by atoms with Crippen LogP contribution in [0.1, 0.15) is 22.8 Å². The van der Waals surface area contributed by atoms with Crippen LogP contribution in [0.5, 0.6) is 11.5 Å². The van der Waals surface area contributed by atoms with Gasteiger partial charge >= 0.3 is 0 Å². The Hall–Kier alpha value is -2.14. The molecule has 0 aliphatic carbocycles. The third-order valence-corrected chi connectivity index (χ3v) is 4.61. The molecular formula is C18H21O6P. The van der Waals surface area contributed by atoms with E-state index in [2.05, 4.69) is 0 Å². The SMILES string of the molecule is COc1cccc(OC)c1C(=O)[PH](=O)OC(C)OCc1ccccc1. The first kappa shape index (κ1) is 19.2. The lowest BCUT2D eigenvalue weighted by Gasteiger charge is -2.15. The normalized spacial score (nSPS) is 13.1. The lowest BCUT2D eigenvalue weighted by Crippen LogP contribution is -2.11. The standard InChI is InChI=1S/C18H21O6P/c1-13(23-12-14-8-5-4-6-9-14)24-25(20)18(19)17-15(21-2)10-7-11-16(17)22-3/h4-11,13,25H,12H2,1-3H3. The Labute approximate surface area is 147 Å². The lowest BCUT2D eigenvalue weighted by molar-refractivity contribution is -0.0711. The van der Waals surface area contributed by atoms with Crippen molar-refractivity contribution in [3.8, 4) is 11.5 Å². The van der Waals surface area contributed by atoms with Gasteiger partial charge in [-0.1, -0.05) is 36.4 Å². The van der Waals surface area contributed by atoms with Gasteiger partial charge in [0.1, 0.15) is 17.1 Å². The predicted octanol–water partition coefficient (Wildman–Crippen LogP) is 3.90. The average molecular weight is 364 g/mol. The van der Waals surface area contributed by atoms with Crippen molar-refractivity contribution in [1.29, 1.82) is 0 Å². The molecule has 0 bridgehead atoms. The van der Waals surface area contributed by atoms with E-state index in [4.69, 9.17) is 18.7 Å². The number of rotatable bonds is 9. The topological polar surface area (TPSA) is 71.1 Å². The molecule has 25 heavy (non-hydrogen) atoms. The number of carbonyl (C=O) groups is 1. The molecule has 2 aromatic rings. The van der Waals surface area contributed by atoms with Crippen molar-refractivity contribution in [2.24, 2.45) is 0 Å². The minimum Gasteiger partial charge on any atom is -0.496 e. The molecule has 2 atom stereocenters. The zero-order valence-electron chi connectivity index (χ0n) is 14.4. The van der Waals surface area contributed by atoms with Crippen molar-refractivity contribution >= 4 is 13.6 Å². The number of methoxy groups -OCH3 is 2. The predicted molar refractivity (Wildman–Crippen MR) is 94.7 cm³/mol. The summed E-state index contributed by atoms with van der Waals surface area (Å²) in [6, 6.07) is 14.4. The highest BCUT2D eigenvalue weighted by Crippen LogP contribution is 2.38. The first-order valence-corrected chi connectivity index (χ1v) is 9.00. The summed E-state index contributed by atoms with van der Waals surface area (Å²) < 4.78 is 33.4. The van der Waals surface area contributed by atoms with Crippen LogP contribution in [-0.2, 0) is 20.4 Å². The van der Waals surface area contributed by atoms with Crippen LogP contribution < -0.4 is 9.47 Å². The minimum atomic E-state index is -3.06. The van der Waals surface area contributed by atoms with Gasteiger partial charge in [0.15, 0.2) is 6.29 Å². The van der Waals surface area contributed by atoms with Crippen LogP contribution in [0, 0.1) is 0 Å². The van der Waals surface area contributed by atoms with Gasteiger partial charge in [-0.15, -0.1) is 0 Å². The summed E-state index contributed by atoms with van der Waals surface area (Å²) in [6.07, 6.45) is -0.795. The van der Waals surface area contributed by atoms with Crippen LogP contribution in [0.4, 0.5) is 0 Å². The summed E-state index contributed by atoms with van der Waals surface area (Å²) in [4.78, 5) is 12.5. The molecule has 2 unspecified atom stereocenters. The molecule has 6 nitrogen and oxygen atoms in total. The van der Waals surface area contributed by atoms with E-state index in [1.165, 1.54) is 14.2 Å². The number of benzene rings is 2. The largest absolute Gasteiger partial charge is 0.496 e. The Morgan fingerprint density at radius 1 is 1.00 bits per heavy atom. The van der Waals surface area contributed by atoms with E-state index in [-0.39, 0.29) is 17.1 Å². The second-order valence-corrected chi connectivity index (χ2v) is 6.40. The van der Waals surface area contributed by atoms with Gasteiger partial charge in [-0.25, -0.2) is 0 Å². The molecule has 7 heteroatoms. The molecule has 0 heterocycles. The number of ether oxygens (including phenoxy) is 3. The molecule has 0 radical (unpaired) electrons. The summed E-state index contributed by atoms with van der Waals surface area (Å²) in [6.45, 7) is 1.89. The Morgan fingerprint density at radius 2 is 1.60 bits per heavy atom. The monoisotopic (exact) mass is 364 g/mol. The first-order valence-electron chi connectivity index (χ1n) is 7.68. The van der Waals surface area contributed by atoms with Crippen LogP contribution in [0.15, 0.2) is 48.5 Å². The van der Waals surface area contributed by atoms with E-state index < -0.39 is 19.8 Å². The molecule has 2 aromatic carbocycles. The maximum Gasteiger partial charge on any atom is 0.262 e. The van der Waals surface area contributed by atoms with Gasteiger partial charge in [-0.05, 0) is 24.6 Å². The maximum absolute atomic E-state index is 12.5. The Kier molecular flexibility index (Phi) is 7.19. The fraction of sp³-hybridized carbons (Fsp3) is 0.278. The highest BCUT2D eigenvalue weighted by molar-refractivity contribution is 7.60. The van der Waals surface area contributed by atoms with Gasteiger partial charge in [-0.2, -0.15) is 0 Å². The van der Waals surface area contributed by atoms with Gasteiger partial charge in [0.25, 0.3) is 13.6 Å². The highest BCUT2D eigenvalue weighted by atomic mass is 31.1. The lowest BCUT2D eigenvalue weighted by atomic mass is 10.2. The van der Waals surface area contributed by atoms with Crippen LogP contribution in [0.2, 0.25) is 0 Å². The summed E-state index contributed by atoms with van der Waals surface area (Å²) in [7, 11) is -0.208. The number of hydrogen-bond donors (Lipinski definition) is 0. The van der Waals surface area contributed by atoms with E-state index >= 15 is 0 Å². The Balaban J connectivity index is 2.02. The van der Waals surface area contributed by atoms with Crippen LogP contribution in [0.25, 0.3) is 0 Å². The molecule has 0 saturated heterocycles. The summed E-state index contributed by atoms with van der Waals surface area (Å²) in [5, 5.41) is 0. The third-order valence-electron chi connectivity index (χ3n) is 3.44. The van der Waals surface area contributed by atoms with E-state index in [1.807, 2.05) is 30.3 Å². The van der Waals surface area contributed by atoms with Crippen molar-refractivity contribution in [2.75, 3.05) is 14.2 Å². The molecule has 0 amide bonds. The van der Waals surface area contributed by atoms with Gasteiger partial charge in [0, 0.05) is 0 Å². The van der Waals surface area contributed by atoms with Crippen LogP contribution in [0.3, 0.4) is 0 Å². The molecule has 0 fully saturated rings. The number of carbonyl (C=O) groups excluding carboxylic acids is 1. The smallest absolute Gasteiger partial charge is 0.262 e. The molecule has 0 aliphatic heterocycles. The summed E-state index contributed by atoms with van der Waals surface area (Å²) in [5.74, 6) is 0.563. The first-order chi connectivity index (χ1) is 12.1. The van der Waals surface area contributed by atoms with Crippen molar-refractivity contribution < 1.29 is 28.1 Å². The van der Waals surface area contributed by atoms with Gasteiger partial charge in [0.2, 0.25) is 0 Å². The summed E-state index contributed by atoms with van der Waals surface area (Å²) >= 11 is 0. The van der Waals surface area contributed by atoms with Crippen LogP contribution >= 0.6 is 8.03 Å². The van der Waals surface area contributed by atoms with Crippen molar-refractivity contribution in [1.82, 2.24) is 0 Å². The minimum absolute atomic E-state index is 0.103. The third kappa shape index (κ3) is 5.16. The van der Waals surface area contributed by atoms with E-state index in [0.717, 1.165) is 5.56 Å². The average Bonchev–Trinajstić information content (AvgIpc) is 2.65. The molecular weight excluding hydrogens is 343 g/mol. The molecule has 134 valence electrons. The number of hydrogen-bond acceptors (Lipinski definition) is 6. The summed E-state index contributed by atoms with van der Waals surface area (Å²) in [5.41, 5.74) is 0.386. The Morgan fingerprint density at radius 3 is 2.16 bits per heavy atom.